The molecule has 1 aliphatic heterocycles. The van der Waals surface area contributed by atoms with Crippen LogP contribution in [-0.2, 0) is 11.0 Å². The zero-order chi connectivity index (χ0) is 9.14. The Hall–Kier alpha value is -0.710. The van der Waals surface area contributed by atoms with Crippen molar-refractivity contribution in [3.63, 3.8) is 0 Å². The van der Waals surface area contributed by atoms with Gasteiger partial charge in [0.1, 0.15) is 17.2 Å². The first-order valence-corrected chi connectivity index (χ1v) is 4.71. The van der Waals surface area contributed by atoms with Crippen LogP contribution in [0.15, 0.2) is 35.3 Å². The zero-order valence-corrected chi connectivity index (χ0v) is 7.60. The number of allylic oxidation sites excluding steroid dienone is 2. The molecule has 1 aliphatic rings. The third-order valence-corrected chi connectivity index (χ3v) is 2.74. The summed E-state index contributed by atoms with van der Waals surface area (Å²) >= 11 is 0. The Labute approximate surface area is 74.1 Å². The van der Waals surface area contributed by atoms with E-state index in [9.17, 15) is 9.32 Å². The maximum Gasteiger partial charge on any atom is 0.143 e. The Morgan fingerprint density at radius 3 is 2.92 bits per heavy atom. The Bertz CT molecular complexity index is 281. The van der Waals surface area contributed by atoms with Crippen LogP contribution in [0, 0.1) is 0 Å². The molecule has 1 heterocycles. The predicted octanol–water partition coefficient (Wildman–Crippen LogP) is 0.588. The second-order valence-corrected chi connectivity index (χ2v) is 3.53. The summed E-state index contributed by atoms with van der Waals surface area (Å²) in [6.07, 6.45) is 4.14. The number of hydrogen-bond donors (Lipinski definition) is 2. The number of rotatable bonds is 2. The molecule has 3 nitrogen and oxygen atoms in total. The number of nitrogens with one attached hydrogen (secondary N) is 1. The van der Waals surface area contributed by atoms with E-state index in [0.717, 1.165) is 0 Å². The summed E-state index contributed by atoms with van der Waals surface area (Å²) in [7, 11) is -1.30. The van der Waals surface area contributed by atoms with Crippen molar-refractivity contribution in [3.8, 4) is 0 Å². The molecule has 0 aromatic heterocycles. The molecule has 0 saturated heterocycles. The molecule has 4 heteroatoms. The quantitative estimate of drug-likeness (QED) is 0.661. The summed E-state index contributed by atoms with van der Waals surface area (Å²) in [6.45, 7) is 5.36. The van der Waals surface area contributed by atoms with Gasteiger partial charge < -0.3 is 5.11 Å². The first-order chi connectivity index (χ1) is 5.70. The van der Waals surface area contributed by atoms with Crippen LogP contribution in [0.2, 0.25) is 0 Å². The Balaban J connectivity index is 3.09. The number of aliphatic hydroxyl groups is 1. The summed E-state index contributed by atoms with van der Waals surface area (Å²) < 4.78 is 13.7. The van der Waals surface area contributed by atoms with Gasteiger partial charge in [-0.1, -0.05) is 18.7 Å². The fourth-order valence-electron chi connectivity index (χ4n) is 0.992. The molecule has 0 fully saturated rings. The summed E-state index contributed by atoms with van der Waals surface area (Å²) in [4.78, 5) is 0.597. The first-order valence-electron chi connectivity index (χ1n) is 3.56. The smallest absolute Gasteiger partial charge is 0.143 e. The minimum Gasteiger partial charge on any atom is -0.373 e. The van der Waals surface area contributed by atoms with Gasteiger partial charge in [-0.15, -0.1) is 0 Å². The van der Waals surface area contributed by atoms with E-state index in [2.05, 4.69) is 11.3 Å². The van der Waals surface area contributed by atoms with Crippen LogP contribution in [0.1, 0.15) is 6.92 Å². The van der Waals surface area contributed by atoms with Crippen LogP contribution in [0.25, 0.3) is 0 Å². The highest BCUT2D eigenvalue weighted by atomic mass is 32.2. The molecule has 0 bridgehead atoms. The molecule has 0 saturated carbocycles. The average Bonchev–Trinajstić information content (AvgIpc) is 2.28. The second-order valence-electron chi connectivity index (χ2n) is 2.31. The van der Waals surface area contributed by atoms with Crippen LogP contribution < -0.4 is 4.72 Å². The fourth-order valence-corrected chi connectivity index (χ4v) is 2.12. The largest absolute Gasteiger partial charge is 0.373 e. The molecule has 2 unspecified atom stereocenters. The van der Waals surface area contributed by atoms with Gasteiger partial charge in [0.2, 0.25) is 0 Å². The molecule has 0 spiro atoms. The van der Waals surface area contributed by atoms with E-state index in [4.69, 9.17) is 0 Å². The minimum atomic E-state index is -1.30. The predicted molar refractivity (Wildman–Crippen MR) is 49.3 cm³/mol. The molecule has 12 heavy (non-hydrogen) atoms. The molecule has 66 valence electrons. The lowest BCUT2D eigenvalue weighted by molar-refractivity contribution is 0.209. The van der Waals surface area contributed by atoms with Gasteiger partial charge in [-0.05, 0) is 13.0 Å². The maximum atomic E-state index is 11.2. The lowest BCUT2D eigenvalue weighted by atomic mass is 10.2. The molecular formula is C8H11NO2S. The van der Waals surface area contributed by atoms with Crippen molar-refractivity contribution in [1.82, 2.24) is 4.72 Å². The summed E-state index contributed by atoms with van der Waals surface area (Å²) in [5, 5.41) is 9.29. The number of aliphatic hydroxyl groups excluding tert-OH is 1. The summed E-state index contributed by atoms with van der Waals surface area (Å²) in [6, 6.07) is 0. The Morgan fingerprint density at radius 2 is 2.42 bits per heavy atom. The SMILES string of the molecule is C=CC1=C(/C=C\C)S(=O)NC1O. The van der Waals surface area contributed by atoms with Crippen molar-refractivity contribution in [2.45, 2.75) is 13.2 Å². The molecule has 0 radical (unpaired) electrons. The van der Waals surface area contributed by atoms with Gasteiger partial charge in [-0.25, -0.2) is 8.93 Å². The minimum absolute atomic E-state index is 0.589. The fraction of sp³-hybridized carbons (Fsp3) is 0.250. The summed E-state index contributed by atoms with van der Waals surface area (Å²) in [5.41, 5.74) is 0.589. The first kappa shape index (κ1) is 9.38. The third-order valence-electron chi connectivity index (χ3n) is 1.54. The third kappa shape index (κ3) is 1.55. The topological polar surface area (TPSA) is 49.3 Å². The van der Waals surface area contributed by atoms with Crippen molar-refractivity contribution in [2.24, 2.45) is 0 Å². The van der Waals surface area contributed by atoms with Crippen molar-refractivity contribution < 1.29 is 9.32 Å². The van der Waals surface area contributed by atoms with Crippen LogP contribution >= 0.6 is 0 Å². The average molecular weight is 185 g/mol. The molecule has 0 amide bonds. The van der Waals surface area contributed by atoms with E-state index in [-0.39, 0.29) is 0 Å². The molecular weight excluding hydrogens is 174 g/mol. The second kappa shape index (κ2) is 3.80. The Morgan fingerprint density at radius 1 is 1.75 bits per heavy atom. The lowest BCUT2D eigenvalue weighted by Gasteiger charge is -2.00. The van der Waals surface area contributed by atoms with Gasteiger partial charge in [0.05, 0.1) is 4.91 Å². The zero-order valence-electron chi connectivity index (χ0n) is 6.78. The van der Waals surface area contributed by atoms with E-state index in [1.54, 1.807) is 12.2 Å². The molecule has 1 rings (SSSR count). The maximum absolute atomic E-state index is 11.2. The van der Waals surface area contributed by atoms with Crippen molar-refractivity contribution in [2.75, 3.05) is 0 Å². The summed E-state index contributed by atoms with van der Waals surface area (Å²) in [5.74, 6) is 0. The Kier molecular flexibility index (Phi) is 2.97. The van der Waals surface area contributed by atoms with E-state index in [1.165, 1.54) is 6.08 Å². The van der Waals surface area contributed by atoms with Crippen molar-refractivity contribution in [1.29, 1.82) is 0 Å². The van der Waals surface area contributed by atoms with Gasteiger partial charge in [-0.3, -0.25) is 0 Å². The standard InChI is InChI=1S/C8H11NO2S/c1-3-5-7-6(4-2)8(10)9-12(7)11/h3-5,8-10H,2H2,1H3/b5-3-. The highest BCUT2D eigenvalue weighted by Crippen LogP contribution is 2.20. The van der Waals surface area contributed by atoms with E-state index in [0.29, 0.717) is 10.5 Å². The van der Waals surface area contributed by atoms with Crippen LogP contribution in [0.4, 0.5) is 0 Å². The van der Waals surface area contributed by atoms with Crippen LogP contribution in [-0.4, -0.2) is 15.5 Å². The molecule has 2 N–H and O–H groups in total. The van der Waals surface area contributed by atoms with Gasteiger partial charge >= 0.3 is 0 Å². The normalized spacial score (nSPS) is 30.2. The van der Waals surface area contributed by atoms with Crippen molar-refractivity contribution in [3.05, 3.63) is 35.3 Å². The van der Waals surface area contributed by atoms with E-state index in [1.807, 2.05) is 6.92 Å². The molecule has 2 atom stereocenters. The monoisotopic (exact) mass is 185 g/mol. The van der Waals surface area contributed by atoms with Gasteiger partial charge in [0.25, 0.3) is 0 Å². The molecule has 0 aliphatic carbocycles. The van der Waals surface area contributed by atoms with Crippen molar-refractivity contribution >= 4 is 11.0 Å². The van der Waals surface area contributed by atoms with E-state index < -0.39 is 17.2 Å². The highest BCUT2D eigenvalue weighted by Gasteiger charge is 2.25. The van der Waals surface area contributed by atoms with Crippen LogP contribution in [0.3, 0.4) is 0 Å². The highest BCUT2D eigenvalue weighted by molar-refractivity contribution is 7.87. The van der Waals surface area contributed by atoms with Crippen LogP contribution in [0.5, 0.6) is 0 Å². The van der Waals surface area contributed by atoms with E-state index >= 15 is 0 Å². The molecule has 0 aromatic carbocycles. The van der Waals surface area contributed by atoms with Gasteiger partial charge in [0.15, 0.2) is 0 Å². The van der Waals surface area contributed by atoms with Gasteiger partial charge in [-0.2, -0.15) is 0 Å². The van der Waals surface area contributed by atoms with Gasteiger partial charge in [0, 0.05) is 5.57 Å². The molecule has 0 aromatic rings. The lowest BCUT2D eigenvalue weighted by Crippen LogP contribution is -2.24. The number of hydrogen-bond acceptors (Lipinski definition) is 2.